The van der Waals surface area contributed by atoms with Gasteiger partial charge in [0.25, 0.3) is 0 Å². The fraction of sp³-hybridized carbons (Fsp3) is 0.600. The molecule has 0 aliphatic carbocycles. The summed E-state index contributed by atoms with van der Waals surface area (Å²) in [6, 6.07) is 0. The van der Waals surface area contributed by atoms with Crippen LogP contribution >= 0.6 is 11.8 Å². The first kappa shape index (κ1) is 7.69. The second-order valence-electron chi connectivity index (χ2n) is 1.37. The second kappa shape index (κ2) is 3.66. The van der Waals surface area contributed by atoms with Gasteiger partial charge in [-0.3, -0.25) is 10.2 Å². The predicted octanol–water partition coefficient (Wildman–Crippen LogP) is 1.65. The molecule has 0 amide bonds. The van der Waals surface area contributed by atoms with Crippen LogP contribution in [0.3, 0.4) is 0 Å². The molecular weight excluding hydrogens is 122 g/mol. The number of thioether (sulfide) groups is 1. The van der Waals surface area contributed by atoms with Crippen molar-refractivity contribution in [2.24, 2.45) is 0 Å². The average Bonchev–Trinajstić information content (AvgIpc) is 1.65. The van der Waals surface area contributed by atoms with Gasteiger partial charge in [-0.25, -0.2) is 0 Å². The predicted molar refractivity (Wildman–Crippen MR) is 36.3 cm³/mol. The SMILES string of the molecule is CCC(=N)SC(C)=O. The van der Waals surface area contributed by atoms with E-state index in [0.29, 0.717) is 11.5 Å². The minimum atomic E-state index is -0.00292. The lowest BCUT2D eigenvalue weighted by Gasteiger charge is -1.90. The second-order valence-corrected chi connectivity index (χ2v) is 2.64. The van der Waals surface area contributed by atoms with Crippen LogP contribution in [-0.2, 0) is 4.79 Å². The third-order valence-electron chi connectivity index (χ3n) is 0.588. The molecule has 0 saturated carbocycles. The summed E-state index contributed by atoms with van der Waals surface area (Å²) >= 11 is 0.999. The molecule has 0 atom stereocenters. The zero-order valence-electron chi connectivity index (χ0n) is 5.02. The lowest BCUT2D eigenvalue weighted by Crippen LogP contribution is -1.90. The fourth-order valence-electron chi connectivity index (χ4n) is 0.246. The molecule has 0 rings (SSSR count). The Hall–Kier alpha value is -0.310. The smallest absolute Gasteiger partial charge is 0.191 e. The first-order valence-corrected chi connectivity index (χ1v) is 3.24. The normalized spacial score (nSPS) is 8.75. The van der Waals surface area contributed by atoms with Crippen molar-refractivity contribution in [2.45, 2.75) is 20.3 Å². The van der Waals surface area contributed by atoms with Gasteiger partial charge in [0.05, 0.1) is 5.04 Å². The van der Waals surface area contributed by atoms with E-state index in [9.17, 15) is 4.79 Å². The van der Waals surface area contributed by atoms with Crippen LogP contribution in [0.4, 0.5) is 0 Å². The zero-order valence-corrected chi connectivity index (χ0v) is 5.84. The van der Waals surface area contributed by atoms with Crippen LogP contribution in [0.1, 0.15) is 20.3 Å². The van der Waals surface area contributed by atoms with Crippen LogP contribution in [0.2, 0.25) is 0 Å². The van der Waals surface area contributed by atoms with Crippen molar-refractivity contribution >= 4 is 21.9 Å². The summed E-state index contributed by atoms with van der Waals surface area (Å²) in [5, 5.41) is 7.45. The first-order valence-electron chi connectivity index (χ1n) is 2.42. The van der Waals surface area contributed by atoms with Crippen molar-refractivity contribution in [3.8, 4) is 0 Å². The van der Waals surface area contributed by atoms with Crippen LogP contribution in [0.5, 0.6) is 0 Å². The van der Waals surface area contributed by atoms with Crippen molar-refractivity contribution in [3.63, 3.8) is 0 Å². The minimum absolute atomic E-state index is 0.00292. The van der Waals surface area contributed by atoms with Gasteiger partial charge in [0, 0.05) is 6.92 Å². The third kappa shape index (κ3) is 3.87. The molecule has 0 aliphatic rings. The van der Waals surface area contributed by atoms with Crippen LogP contribution < -0.4 is 0 Å². The van der Waals surface area contributed by atoms with Gasteiger partial charge in [-0.1, -0.05) is 6.92 Å². The van der Waals surface area contributed by atoms with E-state index in [1.807, 2.05) is 6.92 Å². The fourth-order valence-corrected chi connectivity index (χ4v) is 0.737. The van der Waals surface area contributed by atoms with Crippen LogP contribution in [-0.4, -0.2) is 10.2 Å². The summed E-state index contributed by atoms with van der Waals surface area (Å²) in [6.45, 7) is 3.33. The van der Waals surface area contributed by atoms with E-state index >= 15 is 0 Å². The highest BCUT2D eigenvalue weighted by Crippen LogP contribution is 2.04. The lowest BCUT2D eigenvalue weighted by atomic mass is 10.5. The van der Waals surface area contributed by atoms with E-state index in [-0.39, 0.29) is 5.12 Å². The Balaban J connectivity index is 3.40. The van der Waals surface area contributed by atoms with Gasteiger partial charge < -0.3 is 0 Å². The maximum absolute atomic E-state index is 10.2. The maximum atomic E-state index is 10.2. The van der Waals surface area contributed by atoms with E-state index in [1.54, 1.807) is 0 Å². The molecule has 0 radical (unpaired) electrons. The number of rotatable bonds is 1. The van der Waals surface area contributed by atoms with Gasteiger partial charge in [-0.15, -0.1) is 0 Å². The molecule has 0 aromatic rings. The highest BCUT2D eigenvalue weighted by atomic mass is 32.2. The molecule has 2 nitrogen and oxygen atoms in total. The van der Waals surface area contributed by atoms with Crippen molar-refractivity contribution < 1.29 is 4.79 Å². The number of carbonyl (C=O) groups is 1. The quantitative estimate of drug-likeness (QED) is 0.434. The summed E-state index contributed by atoms with van der Waals surface area (Å²) in [7, 11) is 0. The Morgan fingerprint density at radius 1 is 1.75 bits per heavy atom. The summed E-state index contributed by atoms with van der Waals surface area (Å²) in [6.07, 6.45) is 0.657. The Morgan fingerprint density at radius 3 is 2.38 bits per heavy atom. The van der Waals surface area contributed by atoms with E-state index in [0.717, 1.165) is 11.8 Å². The van der Waals surface area contributed by atoms with E-state index in [1.165, 1.54) is 6.92 Å². The topological polar surface area (TPSA) is 40.9 Å². The monoisotopic (exact) mass is 131 g/mol. The highest BCUT2D eigenvalue weighted by molar-refractivity contribution is 8.26. The molecule has 0 fully saturated rings. The number of hydrogen-bond donors (Lipinski definition) is 1. The van der Waals surface area contributed by atoms with Crippen molar-refractivity contribution in [1.82, 2.24) is 0 Å². The minimum Gasteiger partial charge on any atom is -0.298 e. The van der Waals surface area contributed by atoms with E-state index < -0.39 is 0 Å². The molecule has 0 spiro atoms. The molecular formula is C5H9NOS. The van der Waals surface area contributed by atoms with Gasteiger partial charge in [-0.05, 0) is 18.2 Å². The van der Waals surface area contributed by atoms with Gasteiger partial charge in [-0.2, -0.15) is 0 Å². The molecule has 0 bridgehead atoms. The number of carbonyl (C=O) groups excluding carboxylic acids is 1. The molecule has 0 aromatic heterocycles. The van der Waals surface area contributed by atoms with Crippen molar-refractivity contribution in [1.29, 1.82) is 5.41 Å². The number of hydrogen-bond acceptors (Lipinski definition) is 3. The summed E-state index contributed by atoms with van der Waals surface area (Å²) in [5.74, 6) is 0. The van der Waals surface area contributed by atoms with E-state index in [2.05, 4.69) is 0 Å². The molecule has 1 N–H and O–H groups in total. The highest BCUT2D eigenvalue weighted by Gasteiger charge is 1.96. The van der Waals surface area contributed by atoms with Gasteiger partial charge >= 0.3 is 0 Å². The maximum Gasteiger partial charge on any atom is 0.191 e. The largest absolute Gasteiger partial charge is 0.298 e. The molecule has 0 unspecified atom stereocenters. The molecule has 3 heteroatoms. The van der Waals surface area contributed by atoms with Crippen LogP contribution in [0.15, 0.2) is 0 Å². The van der Waals surface area contributed by atoms with Gasteiger partial charge in [0.2, 0.25) is 0 Å². The number of nitrogens with one attached hydrogen (secondary N) is 1. The van der Waals surface area contributed by atoms with E-state index in [4.69, 9.17) is 5.41 Å². The van der Waals surface area contributed by atoms with Crippen molar-refractivity contribution in [3.05, 3.63) is 0 Å². The summed E-state index contributed by atoms with van der Waals surface area (Å²) in [5.41, 5.74) is 0. The van der Waals surface area contributed by atoms with Gasteiger partial charge in [0.15, 0.2) is 5.12 Å². The third-order valence-corrected chi connectivity index (χ3v) is 1.41. The van der Waals surface area contributed by atoms with Crippen molar-refractivity contribution in [2.75, 3.05) is 0 Å². The molecule has 0 saturated heterocycles. The Bertz CT molecular complexity index is 111. The Labute approximate surface area is 53.2 Å². The Morgan fingerprint density at radius 2 is 2.25 bits per heavy atom. The lowest BCUT2D eigenvalue weighted by molar-refractivity contribution is -0.109. The van der Waals surface area contributed by atoms with Crippen LogP contribution in [0.25, 0.3) is 0 Å². The first-order chi connectivity index (χ1) is 3.66. The van der Waals surface area contributed by atoms with Crippen LogP contribution in [0, 0.1) is 5.41 Å². The zero-order chi connectivity index (χ0) is 6.57. The van der Waals surface area contributed by atoms with Gasteiger partial charge in [0.1, 0.15) is 0 Å². The molecule has 0 heterocycles. The molecule has 8 heavy (non-hydrogen) atoms. The summed E-state index contributed by atoms with van der Waals surface area (Å²) in [4.78, 5) is 10.2. The standard InChI is InChI=1S/C5H9NOS/c1-3-5(6)8-4(2)7/h6H,3H2,1-2H3. The Kier molecular flexibility index (Phi) is 3.52. The molecule has 0 aromatic carbocycles. The summed E-state index contributed by atoms with van der Waals surface area (Å²) < 4.78 is 0. The molecule has 46 valence electrons. The molecule has 0 aliphatic heterocycles. The average molecular weight is 131 g/mol.